The van der Waals surface area contributed by atoms with Crippen LogP contribution in [0.4, 0.5) is 11.4 Å². The van der Waals surface area contributed by atoms with Crippen LogP contribution < -0.4 is 10.6 Å². The second-order valence-electron chi connectivity index (χ2n) is 7.26. The van der Waals surface area contributed by atoms with Gasteiger partial charge in [-0.25, -0.2) is 0 Å². The van der Waals surface area contributed by atoms with Crippen LogP contribution in [0.25, 0.3) is 0 Å². The normalized spacial score (nSPS) is 11.8. The molecule has 144 valence electrons. The van der Waals surface area contributed by atoms with Gasteiger partial charge in [-0.05, 0) is 42.2 Å². The summed E-state index contributed by atoms with van der Waals surface area (Å²) >= 11 is 0. The van der Waals surface area contributed by atoms with Crippen molar-refractivity contribution in [3.05, 3.63) is 59.7 Å². The van der Waals surface area contributed by atoms with Gasteiger partial charge in [-0.3, -0.25) is 9.59 Å². The summed E-state index contributed by atoms with van der Waals surface area (Å²) in [6.45, 7) is 6.04. The first-order valence-electron chi connectivity index (χ1n) is 9.23. The van der Waals surface area contributed by atoms with Gasteiger partial charge < -0.3 is 15.5 Å². The van der Waals surface area contributed by atoms with E-state index in [1.54, 1.807) is 19.0 Å². The van der Waals surface area contributed by atoms with Crippen LogP contribution in [0.2, 0.25) is 0 Å². The van der Waals surface area contributed by atoms with Crippen LogP contribution >= 0.6 is 0 Å². The molecule has 0 heterocycles. The van der Waals surface area contributed by atoms with Gasteiger partial charge in [0, 0.05) is 25.5 Å². The van der Waals surface area contributed by atoms with Crippen molar-refractivity contribution in [1.82, 2.24) is 4.90 Å². The van der Waals surface area contributed by atoms with Crippen LogP contribution in [0.15, 0.2) is 48.5 Å². The summed E-state index contributed by atoms with van der Waals surface area (Å²) in [5, 5.41) is 6.22. The summed E-state index contributed by atoms with van der Waals surface area (Å²) in [5.74, 6) is 0.310. The Hall–Kier alpha value is -2.82. The fourth-order valence-electron chi connectivity index (χ4n) is 2.72. The van der Waals surface area contributed by atoms with Gasteiger partial charge in [0.1, 0.15) is 6.04 Å². The Balaban J connectivity index is 1.97. The number of hydrogen-bond donors (Lipinski definition) is 2. The molecule has 27 heavy (non-hydrogen) atoms. The highest BCUT2D eigenvalue weighted by Crippen LogP contribution is 2.24. The summed E-state index contributed by atoms with van der Waals surface area (Å²) < 4.78 is 0. The lowest BCUT2D eigenvalue weighted by Crippen LogP contribution is -2.32. The maximum absolute atomic E-state index is 12.6. The number of rotatable bonds is 7. The number of anilines is 2. The van der Waals surface area contributed by atoms with Crippen molar-refractivity contribution in [2.75, 3.05) is 24.7 Å². The third-order valence-corrected chi connectivity index (χ3v) is 4.43. The van der Waals surface area contributed by atoms with Gasteiger partial charge in [0.2, 0.25) is 11.8 Å². The Labute approximate surface area is 161 Å². The van der Waals surface area contributed by atoms with Crippen molar-refractivity contribution in [2.24, 2.45) is 0 Å². The summed E-state index contributed by atoms with van der Waals surface area (Å²) in [4.78, 5) is 25.9. The topological polar surface area (TPSA) is 61.4 Å². The lowest BCUT2D eigenvalue weighted by Gasteiger charge is -2.18. The monoisotopic (exact) mass is 367 g/mol. The number of nitrogens with zero attached hydrogens (tertiary/aromatic N) is 1. The van der Waals surface area contributed by atoms with E-state index in [4.69, 9.17) is 0 Å². The number of benzene rings is 2. The highest BCUT2D eigenvalue weighted by Gasteiger charge is 2.15. The molecule has 2 rings (SSSR count). The molecule has 0 spiro atoms. The van der Waals surface area contributed by atoms with Crippen LogP contribution in [-0.4, -0.2) is 36.9 Å². The standard InChI is InChI=1S/C22H29N3O2/c1-15(2)19-8-6-7-9-20(19)24-22(27)16(3)23-18-12-10-17(11-13-18)14-21(26)25(4)5/h6-13,15-16,23H,14H2,1-5H3,(H,24,27)/t16-/m1/s1. The maximum atomic E-state index is 12.6. The fourth-order valence-corrected chi connectivity index (χ4v) is 2.72. The SMILES string of the molecule is CC(C)c1ccccc1NC(=O)[C@@H](C)Nc1ccc(CC(=O)N(C)C)cc1. The van der Waals surface area contributed by atoms with Gasteiger partial charge in [0.25, 0.3) is 0 Å². The molecule has 0 unspecified atom stereocenters. The third-order valence-electron chi connectivity index (χ3n) is 4.43. The molecule has 5 heteroatoms. The number of likely N-dealkylation sites (N-methyl/N-ethyl adjacent to an activating group) is 1. The van der Waals surface area contributed by atoms with Gasteiger partial charge in [0.15, 0.2) is 0 Å². The molecule has 2 N–H and O–H groups in total. The molecule has 0 radical (unpaired) electrons. The predicted molar refractivity (Wildman–Crippen MR) is 111 cm³/mol. The fraction of sp³-hybridized carbons (Fsp3) is 0.364. The number of carbonyl (C=O) groups is 2. The zero-order chi connectivity index (χ0) is 20.0. The van der Waals surface area contributed by atoms with Crippen molar-refractivity contribution in [1.29, 1.82) is 0 Å². The Morgan fingerprint density at radius 2 is 1.59 bits per heavy atom. The Kier molecular flexibility index (Phi) is 6.99. The van der Waals surface area contributed by atoms with Crippen LogP contribution in [-0.2, 0) is 16.0 Å². The second-order valence-corrected chi connectivity index (χ2v) is 7.26. The quantitative estimate of drug-likeness (QED) is 0.781. The lowest BCUT2D eigenvalue weighted by molar-refractivity contribution is -0.128. The highest BCUT2D eigenvalue weighted by molar-refractivity contribution is 5.97. The van der Waals surface area contributed by atoms with E-state index in [1.807, 2.05) is 55.5 Å². The maximum Gasteiger partial charge on any atom is 0.246 e. The highest BCUT2D eigenvalue weighted by atomic mass is 16.2. The minimum absolute atomic E-state index is 0.0623. The first-order chi connectivity index (χ1) is 12.8. The first kappa shape index (κ1) is 20.5. The van der Waals surface area contributed by atoms with E-state index in [9.17, 15) is 9.59 Å². The second kappa shape index (κ2) is 9.21. The molecular weight excluding hydrogens is 338 g/mol. The van der Waals surface area contributed by atoms with E-state index in [2.05, 4.69) is 24.5 Å². The molecule has 0 bridgehead atoms. The molecule has 0 fully saturated rings. The molecule has 2 amide bonds. The van der Waals surface area contributed by atoms with E-state index in [0.29, 0.717) is 12.3 Å². The molecule has 0 aliphatic heterocycles. The van der Waals surface area contributed by atoms with E-state index in [1.165, 1.54) is 0 Å². The number of carbonyl (C=O) groups excluding carboxylic acids is 2. The average Bonchev–Trinajstić information content (AvgIpc) is 2.63. The molecule has 5 nitrogen and oxygen atoms in total. The average molecular weight is 367 g/mol. The minimum Gasteiger partial charge on any atom is -0.374 e. The van der Waals surface area contributed by atoms with Gasteiger partial charge >= 0.3 is 0 Å². The Morgan fingerprint density at radius 1 is 0.963 bits per heavy atom. The Bertz CT molecular complexity index is 782. The molecule has 0 saturated heterocycles. The van der Waals surface area contributed by atoms with Gasteiger partial charge in [-0.2, -0.15) is 0 Å². The number of nitrogens with one attached hydrogen (secondary N) is 2. The third kappa shape index (κ3) is 5.84. The van der Waals surface area contributed by atoms with Gasteiger partial charge in [-0.15, -0.1) is 0 Å². The molecule has 0 aliphatic carbocycles. The summed E-state index contributed by atoms with van der Waals surface area (Å²) in [6.07, 6.45) is 0.370. The molecule has 2 aromatic carbocycles. The van der Waals surface area contributed by atoms with Crippen LogP contribution in [0.1, 0.15) is 37.8 Å². The van der Waals surface area contributed by atoms with E-state index in [0.717, 1.165) is 22.5 Å². The minimum atomic E-state index is -0.389. The molecule has 0 aliphatic rings. The van der Waals surface area contributed by atoms with Crippen LogP contribution in [0.3, 0.4) is 0 Å². The van der Waals surface area contributed by atoms with E-state index >= 15 is 0 Å². The number of hydrogen-bond acceptors (Lipinski definition) is 3. The van der Waals surface area contributed by atoms with Crippen molar-refractivity contribution in [2.45, 2.75) is 39.2 Å². The lowest BCUT2D eigenvalue weighted by atomic mass is 10.0. The molecule has 1 atom stereocenters. The van der Waals surface area contributed by atoms with Crippen molar-refractivity contribution in [3.63, 3.8) is 0 Å². The van der Waals surface area contributed by atoms with Gasteiger partial charge in [-0.1, -0.05) is 44.2 Å². The van der Waals surface area contributed by atoms with Crippen molar-refractivity contribution < 1.29 is 9.59 Å². The van der Waals surface area contributed by atoms with Crippen molar-refractivity contribution >= 4 is 23.2 Å². The largest absolute Gasteiger partial charge is 0.374 e. The summed E-state index contributed by atoms with van der Waals surface area (Å²) in [5.41, 5.74) is 3.76. The van der Waals surface area contributed by atoms with Crippen LogP contribution in [0.5, 0.6) is 0 Å². The van der Waals surface area contributed by atoms with Crippen LogP contribution in [0, 0.1) is 0 Å². The molecule has 0 aromatic heterocycles. The zero-order valence-corrected chi connectivity index (χ0v) is 16.7. The van der Waals surface area contributed by atoms with E-state index in [-0.39, 0.29) is 17.9 Å². The molecular formula is C22H29N3O2. The van der Waals surface area contributed by atoms with Gasteiger partial charge in [0.05, 0.1) is 6.42 Å². The zero-order valence-electron chi connectivity index (χ0n) is 16.7. The number of amides is 2. The predicted octanol–water partition coefficient (Wildman–Crippen LogP) is 3.88. The summed E-state index contributed by atoms with van der Waals surface area (Å²) in [6, 6.07) is 15.1. The van der Waals surface area contributed by atoms with E-state index < -0.39 is 0 Å². The molecule has 0 saturated carbocycles. The smallest absolute Gasteiger partial charge is 0.246 e. The summed E-state index contributed by atoms with van der Waals surface area (Å²) in [7, 11) is 3.49. The molecule has 2 aromatic rings. The first-order valence-corrected chi connectivity index (χ1v) is 9.23. The number of para-hydroxylation sites is 1. The van der Waals surface area contributed by atoms with Crippen molar-refractivity contribution in [3.8, 4) is 0 Å². The Morgan fingerprint density at radius 3 is 2.19 bits per heavy atom.